The fourth-order valence-corrected chi connectivity index (χ4v) is 7.40. The summed E-state index contributed by atoms with van der Waals surface area (Å²) in [5.41, 5.74) is 3.95. The highest BCUT2D eigenvalue weighted by Gasteiger charge is 2.33. The molecular weight excluding hydrogens is 759 g/mol. The van der Waals surface area contributed by atoms with Crippen molar-refractivity contribution >= 4 is 23.9 Å². The quantitative estimate of drug-likeness (QED) is 0.111. The number of carbonyl (C=O) groups is 4. The number of benzene rings is 1. The largest absolute Gasteiger partial charge is 0.390 e. The van der Waals surface area contributed by atoms with Crippen molar-refractivity contribution < 1.29 is 38.5 Å². The van der Waals surface area contributed by atoms with Crippen molar-refractivity contribution in [2.45, 2.75) is 71.2 Å². The molecular formula is C42H73N9O8. The number of likely N-dealkylation sites (N-methyl/N-ethyl adjacent to an activating group) is 2. The molecule has 0 aliphatic carbocycles. The summed E-state index contributed by atoms with van der Waals surface area (Å²) in [4.78, 5) is 62.5. The molecule has 6 amide bonds. The highest BCUT2D eigenvalue weighted by Crippen LogP contribution is 2.17. The van der Waals surface area contributed by atoms with Crippen LogP contribution in [0.25, 0.3) is 0 Å². The van der Waals surface area contributed by atoms with E-state index in [0.29, 0.717) is 78.8 Å². The topological polar surface area (TPSA) is 181 Å². The van der Waals surface area contributed by atoms with Crippen LogP contribution >= 0.6 is 0 Å². The molecule has 3 heterocycles. The highest BCUT2D eigenvalue weighted by atomic mass is 16.5. The third-order valence-corrected chi connectivity index (χ3v) is 11.4. The first-order valence-corrected chi connectivity index (χ1v) is 21.6. The van der Waals surface area contributed by atoms with E-state index in [-0.39, 0.29) is 36.4 Å². The van der Waals surface area contributed by atoms with E-state index < -0.39 is 36.0 Å². The van der Waals surface area contributed by atoms with Gasteiger partial charge in [0.1, 0.15) is 12.1 Å². The molecule has 59 heavy (non-hydrogen) atoms. The van der Waals surface area contributed by atoms with Crippen LogP contribution < -0.4 is 21.4 Å². The minimum Gasteiger partial charge on any atom is -0.390 e. The van der Waals surface area contributed by atoms with Gasteiger partial charge in [-0.05, 0) is 42.6 Å². The van der Waals surface area contributed by atoms with Crippen molar-refractivity contribution in [2.75, 3.05) is 119 Å². The van der Waals surface area contributed by atoms with E-state index in [0.717, 1.165) is 44.6 Å². The number of morpholine rings is 2. The molecule has 0 spiro atoms. The normalized spacial score (nSPS) is 19.2. The van der Waals surface area contributed by atoms with Gasteiger partial charge >= 0.3 is 12.1 Å². The summed E-state index contributed by atoms with van der Waals surface area (Å²) >= 11 is 0. The molecule has 334 valence electrons. The first-order chi connectivity index (χ1) is 28.3. The minimum atomic E-state index is -1.13. The van der Waals surface area contributed by atoms with Gasteiger partial charge in [0.15, 0.2) is 0 Å². The van der Waals surface area contributed by atoms with Crippen LogP contribution in [0.5, 0.6) is 0 Å². The molecule has 0 saturated carbocycles. The molecule has 3 saturated heterocycles. The molecule has 0 aromatic heterocycles. The van der Waals surface area contributed by atoms with Gasteiger partial charge in [-0.1, -0.05) is 58.0 Å². The highest BCUT2D eigenvalue weighted by molar-refractivity contribution is 5.88. The van der Waals surface area contributed by atoms with Gasteiger partial charge in [0.25, 0.3) is 5.91 Å². The molecule has 17 nitrogen and oxygen atoms in total. The van der Waals surface area contributed by atoms with Crippen LogP contribution in [0.2, 0.25) is 0 Å². The fourth-order valence-electron chi connectivity index (χ4n) is 7.40. The summed E-state index contributed by atoms with van der Waals surface area (Å²) in [6.45, 7) is 17.5. The Kier molecular flexibility index (Phi) is 20.6. The lowest BCUT2D eigenvalue weighted by molar-refractivity contribution is -0.131. The molecule has 2 unspecified atom stereocenters. The molecule has 0 bridgehead atoms. The molecule has 3 fully saturated rings. The Labute approximate surface area is 351 Å². The molecule has 0 radical (unpaired) electrons. The third-order valence-electron chi connectivity index (χ3n) is 11.4. The third kappa shape index (κ3) is 16.8. The summed E-state index contributed by atoms with van der Waals surface area (Å²) in [7, 11) is 3.44. The number of rotatable bonds is 21. The van der Waals surface area contributed by atoms with Gasteiger partial charge in [0.05, 0.1) is 38.6 Å². The van der Waals surface area contributed by atoms with E-state index in [2.05, 4.69) is 31.2 Å². The van der Waals surface area contributed by atoms with Crippen molar-refractivity contribution in [3.8, 4) is 0 Å². The number of hydrogen-bond donors (Lipinski definition) is 5. The van der Waals surface area contributed by atoms with Gasteiger partial charge in [-0.25, -0.2) is 14.6 Å². The summed E-state index contributed by atoms with van der Waals surface area (Å²) in [5, 5.41) is 22.7. The van der Waals surface area contributed by atoms with Crippen LogP contribution in [0.3, 0.4) is 0 Å². The number of urea groups is 2. The maximum Gasteiger partial charge on any atom is 0.317 e. The standard InChI is InChI=1S/C42H73N9O8/c1-31(2)37(44-41(55)47(5)14-16-49-18-24-58-25-19-49)39(53)43-35(28-33-10-8-7-9-11-33)36(52)30-51(29-34-12-22-57-23-13-34)46-40(54)38(32(3)4)45-42(56)48(6)15-17-50-20-26-59-27-21-50/h7-11,31-32,34-38,52H,12-30H2,1-6H3,(H,43,53)(H,44,55)(H,45,56)(H,46,54)/t35?,36?,37-,38-/m0/s1. The summed E-state index contributed by atoms with van der Waals surface area (Å²) in [6.07, 6.45) is 0.771. The minimum absolute atomic E-state index is 0.00206. The maximum absolute atomic E-state index is 14.1. The van der Waals surface area contributed by atoms with E-state index in [1.165, 1.54) is 0 Å². The van der Waals surface area contributed by atoms with Crippen LogP contribution in [0.1, 0.15) is 46.1 Å². The van der Waals surface area contributed by atoms with Crippen molar-refractivity contribution in [1.82, 2.24) is 46.0 Å². The van der Waals surface area contributed by atoms with Crippen LogP contribution in [0.4, 0.5) is 9.59 Å². The molecule has 3 aliphatic heterocycles. The second kappa shape index (κ2) is 25.3. The first kappa shape index (κ1) is 48.1. The second-order valence-corrected chi connectivity index (χ2v) is 16.9. The van der Waals surface area contributed by atoms with E-state index in [4.69, 9.17) is 14.2 Å². The van der Waals surface area contributed by atoms with Crippen LogP contribution in [0, 0.1) is 17.8 Å². The Morgan fingerprint density at radius 3 is 1.68 bits per heavy atom. The zero-order valence-corrected chi connectivity index (χ0v) is 36.4. The molecule has 1 aromatic rings. The summed E-state index contributed by atoms with van der Waals surface area (Å²) < 4.78 is 16.5. The fraction of sp³-hybridized carbons (Fsp3) is 0.762. The Balaban J connectivity index is 1.45. The van der Waals surface area contributed by atoms with Gasteiger partial charge in [0, 0.05) is 92.8 Å². The van der Waals surface area contributed by atoms with Gasteiger partial charge in [-0.2, -0.15) is 0 Å². The van der Waals surface area contributed by atoms with E-state index in [9.17, 15) is 24.3 Å². The zero-order chi connectivity index (χ0) is 42.7. The molecule has 3 aliphatic rings. The predicted molar refractivity (Wildman–Crippen MR) is 225 cm³/mol. The average molecular weight is 832 g/mol. The number of ether oxygens (including phenoxy) is 3. The number of hydrogen-bond acceptors (Lipinski definition) is 11. The number of aliphatic hydroxyl groups excluding tert-OH is 1. The van der Waals surface area contributed by atoms with Crippen LogP contribution in [-0.4, -0.2) is 197 Å². The van der Waals surface area contributed by atoms with Crippen LogP contribution in [0.15, 0.2) is 30.3 Å². The molecule has 5 N–H and O–H groups in total. The Morgan fingerprint density at radius 1 is 0.712 bits per heavy atom. The zero-order valence-electron chi connectivity index (χ0n) is 36.4. The van der Waals surface area contributed by atoms with Gasteiger partial charge in [-0.15, -0.1) is 0 Å². The number of aliphatic hydroxyl groups is 1. The molecule has 4 atom stereocenters. The first-order valence-electron chi connectivity index (χ1n) is 21.6. The molecule has 17 heteroatoms. The lowest BCUT2D eigenvalue weighted by atomic mass is 9.97. The lowest BCUT2D eigenvalue weighted by Crippen LogP contribution is -2.61. The van der Waals surface area contributed by atoms with Crippen molar-refractivity contribution in [1.29, 1.82) is 0 Å². The van der Waals surface area contributed by atoms with Crippen molar-refractivity contribution in [3.05, 3.63) is 35.9 Å². The van der Waals surface area contributed by atoms with E-state index in [1.807, 2.05) is 58.0 Å². The van der Waals surface area contributed by atoms with Gasteiger partial charge in [-0.3, -0.25) is 24.8 Å². The van der Waals surface area contributed by atoms with Crippen molar-refractivity contribution in [2.24, 2.45) is 17.8 Å². The van der Waals surface area contributed by atoms with Crippen molar-refractivity contribution in [3.63, 3.8) is 0 Å². The maximum atomic E-state index is 14.1. The number of nitrogens with zero attached hydrogens (tertiary/aromatic N) is 5. The number of amides is 6. The summed E-state index contributed by atoms with van der Waals surface area (Å²) in [5.74, 6) is -1.08. The predicted octanol–water partition coefficient (Wildman–Crippen LogP) is 0.831. The van der Waals surface area contributed by atoms with Gasteiger partial charge < -0.3 is 45.1 Å². The Hall–Kier alpha value is -3.58. The Bertz CT molecular complexity index is 1410. The van der Waals surface area contributed by atoms with Crippen LogP contribution in [-0.2, 0) is 30.2 Å². The smallest absolute Gasteiger partial charge is 0.317 e. The average Bonchev–Trinajstić information content (AvgIpc) is 3.23. The SMILES string of the molecule is CC(C)[C@H](NC(=O)N(C)CCN1CCOCC1)C(=O)NC(Cc1ccccc1)C(O)CN(CC1CCOCC1)NC(=O)[C@@H](NC(=O)N(C)CCN1CCOCC1)C(C)C. The van der Waals surface area contributed by atoms with E-state index >= 15 is 0 Å². The van der Waals surface area contributed by atoms with Gasteiger partial charge in [0.2, 0.25) is 5.91 Å². The monoisotopic (exact) mass is 832 g/mol. The number of hydrazine groups is 1. The lowest BCUT2D eigenvalue weighted by Gasteiger charge is -2.35. The summed E-state index contributed by atoms with van der Waals surface area (Å²) in [6, 6.07) is 6.42. The Morgan fingerprint density at radius 2 is 1.19 bits per heavy atom. The second-order valence-electron chi connectivity index (χ2n) is 16.9. The number of nitrogens with one attached hydrogen (secondary N) is 4. The molecule has 4 rings (SSSR count). The number of carbonyl (C=O) groups excluding carboxylic acids is 4. The van der Waals surface area contributed by atoms with E-state index in [1.54, 1.807) is 28.9 Å². The molecule has 1 aromatic carbocycles.